The maximum Gasteiger partial charge on any atom is 0.490 e. The lowest BCUT2D eigenvalue weighted by Gasteiger charge is -2.28. The molecule has 0 aliphatic rings. The highest BCUT2D eigenvalue weighted by Gasteiger charge is 2.38. The lowest BCUT2D eigenvalue weighted by Crippen LogP contribution is -2.44. The average Bonchev–Trinajstić information content (AvgIpc) is 1.35. The number of hydrogen-bond donors (Lipinski definition) is 3. The molecule has 9 aromatic rings. The van der Waals surface area contributed by atoms with E-state index in [2.05, 4.69) is 45.4 Å². The van der Waals surface area contributed by atoms with E-state index in [4.69, 9.17) is 59.9 Å². The number of imide groups is 2. The fraction of sp³-hybridized carbons (Fsp3) is 0.328. The predicted octanol–water partition coefficient (Wildman–Crippen LogP) is 13.3. The van der Waals surface area contributed by atoms with Gasteiger partial charge in [0, 0.05) is 73.7 Å². The number of carbonyl (C=O) groups excluding carboxylic acids is 4. The van der Waals surface area contributed by atoms with Crippen LogP contribution in [-0.4, -0.2) is 109 Å². The Kier molecular flexibility index (Phi) is 27.2. The molecule has 30 heteroatoms. The smallest absolute Gasteiger partial charge is 0.443 e. The number of anilines is 3. The van der Waals surface area contributed by atoms with Gasteiger partial charge in [-0.1, -0.05) is 48.5 Å². The molecule has 0 saturated carbocycles. The topological polar surface area (TPSA) is 334 Å². The number of aromatic nitrogens is 9. The highest BCUT2D eigenvalue weighted by molar-refractivity contribution is 6.58. The highest BCUT2D eigenvalue weighted by atomic mass is 35.5. The molecule has 9 aromatic heterocycles. The highest BCUT2D eigenvalue weighted by Crippen LogP contribution is 2.34. The summed E-state index contributed by atoms with van der Waals surface area (Å²) in [4.78, 5) is 76.1. The first kappa shape index (κ1) is 76.3. The normalized spacial score (nSPS) is 11.0. The minimum atomic E-state index is -1.58. The Bertz CT molecular complexity index is 3850. The first-order valence-electron chi connectivity index (χ1n) is 27.9. The molecule has 0 aliphatic heterocycles. The van der Waals surface area contributed by atoms with Crippen LogP contribution in [0.3, 0.4) is 0 Å². The minimum absolute atomic E-state index is 0. The van der Waals surface area contributed by atoms with Gasteiger partial charge in [0.15, 0.2) is 28.9 Å². The van der Waals surface area contributed by atoms with Crippen LogP contribution in [0.2, 0.25) is 0 Å². The van der Waals surface area contributed by atoms with E-state index < -0.39 is 71.7 Å². The van der Waals surface area contributed by atoms with Gasteiger partial charge in [0.25, 0.3) is 0 Å². The quantitative estimate of drug-likeness (QED) is 0.0469. The van der Waals surface area contributed by atoms with E-state index >= 15 is 0 Å². The zero-order valence-electron chi connectivity index (χ0n) is 52.2. The first-order chi connectivity index (χ1) is 43.1. The molecule has 25 nitrogen and oxygen atoms in total. The van der Waals surface area contributed by atoms with E-state index in [0.717, 1.165) is 38.9 Å². The maximum absolute atomic E-state index is 13.1. The maximum atomic E-state index is 13.1. The Morgan fingerprint density at radius 1 is 0.489 bits per heavy atom. The molecule has 9 heterocycles. The molecular formula is C64H75BClF3N12O13. The van der Waals surface area contributed by atoms with Crippen LogP contribution >= 0.6 is 11.6 Å². The van der Waals surface area contributed by atoms with Gasteiger partial charge in [-0.15, -0.1) is 11.6 Å². The van der Waals surface area contributed by atoms with Crippen molar-refractivity contribution in [1.82, 2.24) is 45.4 Å². The molecule has 0 saturated heterocycles. The van der Waals surface area contributed by atoms with Crippen molar-refractivity contribution in [2.24, 2.45) is 0 Å². The number of amides is 4. The molecular weight excluding hydrogens is 1250 g/mol. The van der Waals surface area contributed by atoms with Crippen LogP contribution in [0.5, 0.6) is 0 Å². The van der Waals surface area contributed by atoms with E-state index in [9.17, 15) is 32.3 Å². The molecule has 0 aromatic carbocycles. The number of halogens is 4. The second kappa shape index (κ2) is 33.4. The summed E-state index contributed by atoms with van der Waals surface area (Å²) < 4.78 is 75.6. The second-order valence-corrected chi connectivity index (χ2v) is 23.8. The van der Waals surface area contributed by atoms with Crippen molar-refractivity contribution in [1.29, 1.82) is 0 Å². The number of hydrogen-bond acceptors (Lipinski definition) is 23. The first-order valence-corrected chi connectivity index (χ1v) is 28.4. The summed E-state index contributed by atoms with van der Waals surface area (Å²) in [6.45, 7) is 20.3. The van der Waals surface area contributed by atoms with E-state index in [0.29, 0.717) is 58.3 Å². The van der Waals surface area contributed by atoms with E-state index in [-0.39, 0.29) is 43.6 Å². The summed E-state index contributed by atoms with van der Waals surface area (Å²) in [5.41, 5.74) is 7.31. The van der Waals surface area contributed by atoms with Crippen molar-refractivity contribution < 1.29 is 74.9 Å². The number of nitrogens with zero attached hydrogens (tertiary/aromatic N) is 11. The fourth-order valence-corrected chi connectivity index (χ4v) is 7.54. The molecule has 0 aliphatic carbocycles. The second-order valence-electron chi connectivity index (χ2n) is 23.6. The molecule has 500 valence electrons. The number of carbonyl (C=O) groups is 4. The molecule has 4 amide bonds. The van der Waals surface area contributed by atoms with Crippen LogP contribution in [0.1, 0.15) is 126 Å². The standard InChI is InChI=1S/C24H27FN4O5.C19H24ClN3O5.C14H11FN4O.C5H5BFNO2.2CH4/c1-23(2,3)32-21(30)29(22(31)33-24(4,5)6)20-17(8-7-11-26-20)18-13-16(28-34-18)12-15-9-10-19(25)27-14-15;1-18(2,3)26-16(24)23(17(25)27-19(4,5)6)15-13(8-7-9-21-15)14-10-12(11-20)22-28-14;15-13-4-3-9(8-18-13)6-10-7-12(20-19-10)11-2-1-5-17-14(11)16;7-5-2-1-4(3-8-5)6(9)10;;/h7-11,13-14H,12H2,1-6H3;7-10H,11H2,1-6H3;1-5,7-8H,6H2,(H2,16,17);1-3,9-10H;2*1H4. The van der Waals surface area contributed by atoms with E-state index in [1.54, 1.807) is 150 Å². The number of pyridine rings is 6. The minimum Gasteiger partial charge on any atom is -0.443 e. The van der Waals surface area contributed by atoms with Gasteiger partial charge < -0.3 is 48.3 Å². The Balaban J connectivity index is 0.000000282. The van der Waals surface area contributed by atoms with Crippen LogP contribution in [0.4, 0.5) is 49.8 Å². The zero-order valence-corrected chi connectivity index (χ0v) is 53.0. The molecule has 9 rings (SSSR count). The summed E-state index contributed by atoms with van der Waals surface area (Å²) in [5, 5.41) is 28.9. The van der Waals surface area contributed by atoms with Crippen LogP contribution in [0, 0.1) is 17.8 Å². The Morgan fingerprint density at radius 2 is 0.819 bits per heavy atom. The van der Waals surface area contributed by atoms with Gasteiger partial charge in [0.1, 0.15) is 28.2 Å². The molecule has 94 heavy (non-hydrogen) atoms. The van der Waals surface area contributed by atoms with Crippen molar-refractivity contribution in [3.05, 3.63) is 174 Å². The number of alkyl halides is 1. The third kappa shape index (κ3) is 23.8. The van der Waals surface area contributed by atoms with Gasteiger partial charge in [-0.25, -0.2) is 49.1 Å². The monoisotopic (exact) mass is 1320 g/mol. The number of rotatable bonds is 11. The van der Waals surface area contributed by atoms with Gasteiger partial charge >= 0.3 is 31.5 Å². The van der Waals surface area contributed by atoms with E-state index in [1.807, 2.05) is 6.07 Å². The van der Waals surface area contributed by atoms with Crippen LogP contribution in [-0.2, 0) is 37.7 Å². The lowest BCUT2D eigenvalue weighted by molar-refractivity contribution is 0.0407. The lowest BCUT2D eigenvalue weighted by atomic mass is 9.82. The number of nitrogen functional groups attached to an aromatic ring is 1. The van der Waals surface area contributed by atoms with Crippen molar-refractivity contribution >= 4 is 66.0 Å². The van der Waals surface area contributed by atoms with Gasteiger partial charge in [0.05, 0.1) is 39.7 Å². The van der Waals surface area contributed by atoms with Crippen LogP contribution in [0.25, 0.3) is 34.0 Å². The van der Waals surface area contributed by atoms with Gasteiger partial charge in [-0.05, 0) is 149 Å². The van der Waals surface area contributed by atoms with Crippen LogP contribution in [0.15, 0.2) is 142 Å². The van der Waals surface area contributed by atoms with Crippen molar-refractivity contribution in [2.45, 2.75) is 139 Å². The van der Waals surface area contributed by atoms with E-state index in [1.165, 1.54) is 43.0 Å². The third-order valence-electron chi connectivity index (χ3n) is 11.1. The van der Waals surface area contributed by atoms with Crippen molar-refractivity contribution in [3.8, 4) is 34.0 Å². The number of nitrogens with two attached hydrogens (primary N) is 1. The van der Waals surface area contributed by atoms with Gasteiger partial charge in [-0.2, -0.15) is 23.0 Å². The molecule has 4 N–H and O–H groups in total. The molecule has 0 radical (unpaired) electrons. The summed E-state index contributed by atoms with van der Waals surface area (Å²) in [6.07, 6.45) is 5.57. The molecule has 0 atom stereocenters. The largest absolute Gasteiger partial charge is 0.490 e. The SMILES string of the molecule is C.C.CC(C)(C)OC(=O)N(C(=O)OC(C)(C)C)c1ncccc1-c1cc(CCl)no1.CC(C)(C)OC(=O)N(C(=O)OC(C)(C)C)c1ncccc1-c1cc(Cc2ccc(F)nc2)no1.Nc1ncccc1-c1cc(Cc2ccc(F)nc2)no1.OB(O)c1ccc(F)nc1. The van der Waals surface area contributed by atoms with Gasteiger partial charge in [0.2, 0.25) is 17.8 Å². The number of ether oxygens (including phenoxy) is 4. The molecule has 0 bridgehead atoms. The average molecular weight is 1320 g/mol. The molecule has 0 spiro atoms. The Labute approximate surface area is 546 Å². The predicted molar refractivity (Wildman–Crippen MR) is 345 cm³/mol. The molecule has 0 unspecified atom stereocenters. The summed E-state index contributed by atoms with van der Waals surface area (Å²) >= 11 is 5.78. The van der Waals surface area contributed by atoms with Gasteiger partial charge in [-0.3, -0.25) is 0 Å². The molecule has 0 fully saturated rings. The third-order valence-corrected chi connectivity index (χ3v) is 11.4. The fourth-order valence-electron chi connectivity index (χ4n) is 7.41. The Morgan fingerprint density at radius 3 is 1.13 bits per heavy atom. The summed E-state index contributed by atoms with van der Waals surface area (Å²) in [6, 6.07) is 23.3. The summed E-state index contributed by atoms with van der Waals surface area (Å²) in [7, 11) is -1.58. The Hall–Kier alpha value is -10.1. The van der Waals surface area contributed by atoms with Crippen LogP contribution < -0.4 is 21.0 Å². The van der Waals surface area contributed by atoms with Crippen molar-refractivity contribution in [2.75, 3.05) is 15.5 Å². The summed E-state index contributed by atoms with van der Waals surface area (Å²) in [5.74, 6) is -0.0713. The van der Waals surface area contributed by atoms with Crippen molar-refractivity contribution in [3.63, 3.8) is 0 Å². The zero-order chi connectivity index (χ0) is 67.7.